The summed E-state index contributed by atoms with van der Waals surface area (Å²) >= 11 is 5.11. The molecule has 2 aromatic carbocycles. The van der Waals surface area contributed by atoms with Gasteiger partial charge in [0, 0.05) is 9.35 Å². The molecular weight excluding hydrogens is 472 g/mol. The Morgan fingerprint density at radius 1 is 1.00 bits per heavy atom. The van der Waals surface area contributed by atoms with Crippen LogP contribution in [-0.4, -0.2) is 9.13 Å². The standard InChI is InChI=1S/C25H23BrN2O2S/c1-16(18-7-3-2-4-8-18)28-23(29)22-20-9-5-6-10-21(20)31-24(22)27(25(28)30)15-17-11-13-19(26)14-12-17/h2-4,7-8,11-14,16H,5-6,9-10,15H2,1H3. The molecule has 4 nitrogen and oxygen atoms in total. The van der Waals surface area contributed by atoms with Gasteiger partial charge in [-0.2, -0.15) is 0 Å². The lowest BCUT2D eigenvalue weighted by Crippen LogP contribution is -2.42. The molecule has 6 heteroatoms. The molecule has 1 atom stereocenters. The molecule has 31 heavy (non-hydrogen) atoms. The maximum absolute atomic E-state index is 13.7. The fraction of sp³-hybridized carbons (Fsp3) is 0.280. The smallest absolute Gasteiger partial charge is 0.280 e. The van der Waals surface area contributed by atoms with Crippen molar-refractivity contribution in [2.45, 2.75) is 45.2 Å². The summed E-state index contributed by atoms with van der Waals surface area (Å²) in [4.78, 5) is 29.5. The number of halogens is 1. The number of thiophene rings is 1. The van der Waals surface area contributed by atoms with E-state index in [2.05, 4.69) is 15.9 Å². The van der Waals surface area contributed by atoms with Gasteiger partial charge in [0.2, 0.25) is 0 Å². The van der Waals surface area contributed by atoms with Gasteiger partial charge in [0.1, 0.15) is 4.83 Å². The Bertz CT molecular complexity index is 1370. The Labute approximate surface area is 192 Å². The number of rotatable bonds is 4. The van der Waals surface area contributed by atoms with Gasteiger partial charge in [0.05, 0.1) is 18.0 Å². The number of fused-ring (bicyclic) bond motifs is 3. The van der Waals surface area contributed by atoms with E-state index in [9.17, 15) is 9.59 Å². The third-order valence-corrected chi connectivity index (χ3v) is 8.03. The van der Waals surface area contributed by atoms with Gasteiger partial charge in [0.25, 0.3) is 5.56 Å². The second-order valence-electron chi connectivity index (χ2n) is 8.15. The number of hydrogen-bond acceptors (Lipinski definition) is 3. The van der Waals surface area contributed by atoms with E-state index in [-0.39, 0.29) is 17.3 Å². The molecule has 0 bridgehead atoms. The molecule has 1 aliphatic rings. The molecule has 0 spiro atoms. The summed E-state index contributed by atoms with van der Waals surface area (Å²) in [5, 5.41) is 0.749. The molecule has 0 saturated heterocycles. The molecule has 0 amide bonds. The van der Waals surface area contributed by atoms with E-state index in [1.165, 1.54) is 9.44 Å². The molecule has 0 fully saturated rings. The summed E-state index contributed by atoms with van der Waals surface area (Å²) in [7, 11) is 0. The molecule has 0 aliphatic heterocycles. The van der Waals surface area contributed by atoms with Gasteiger partial charge in [-0.05, 0) is 61.4 Å². The maximum Gasteiger partial charge on any atom is 0.332 e. The minimum Gasteiger partial charge on any atom is -0.280 e. The van der Waals surface area contributed by atoms with E-state index < -0.39 is 0 Å². The zero-order chi connectivity index (χ0) is 21.5. The second-order valence-corrected chi connectivity index (χ2v) is 10.1. The van der Waals surface area contributed by atoms with E-state index >= 15 is 0 Å². The van der Waals surface area contributed by atoms with Gasteiger partial charge in [-0.15, -0.1) is 11.3 Å². The number of benzene rings is 2. The molecule has 5 rings (SSSR count). The third kappa shape index (κ3) is 3.62. The van der Waals surface area contributed by atoms with Crippen LogP contribution in [0.15, 0.2) is 68.7 Å². The zero-order valence-corrected chi connectivity index (χ0v) is 19.7. The van der Waals surface area contributed by atoms with Crippen molar-refractivity contribution in [1.82, 2.24) is 9.13 Å². The minimum absolute atomic E-state index is 0.150. The van der Waals surface area contributed by atoms with Crippen molar-refractivity contribution < 1.29 is 0 Å². The lowest BCUT2D eigenvalue weighted by Gasteiger charge is -2.18. The van der Waals surface area contributed by atoms with Crippen LogP contribution in [-0.2, 0) is 19.4 Å². The molecule has 0 radical (unpaired) electrons. The van der Waals surface area contributed by atoms with Crippen LogP contribution < -0.4 is 11.2 Å². The largest absolute Gasteiger partial charge is 0.332 e. The first-order valence-corrected chi connectivity index (χ1v) is 12.2. The van der Waals surface area contributed by atoms with Crippen molar-refractivity contribution in [1.29, 1.82) is 0 Å². The van der Waals surface area contributed by atoms with Crippen LogP contribution in [0.1, 0.15) is 47.4 Å². The molecule has 1 unspecified atom stereocenters. The highest BCUT2D eigenvalue weighted by Crippen LogP contribution is 2.34. The van der Waals surface area contributed by atoms with Gasteiger partial charge in [0.15, 0.2) is 0 Å². The highest BCUT2D eigenvalue weighted by molar-refractivity contribution is 9.10. The second kappa shape index (κ2) is 8.24. The first kappa shape index (κ1) is 20.5. The normalized spacial score (nSPS) is 14.5. The van der Waals surface area contributed by atoms with Crippen LogP contribution in [0.4, 0.5) is 0 Å². The van der Waals surface area contributed by atoms with E-state index in [4.69, 9.17) is 0 Å². The van der Waals surface area contributed by atoms with Crippen molar-refractivity contribution in [2.24, 2.45) is 0 Å². The molecule has 2 aromatic heterocycles. The average Bonchev–Trinajstić information content (AvgIpc) is 3.18. The summed E-state index contributed by atoms with van der Waals surface area (Å²) < 4.78 is 4.27. The Morgan fingerprint density at radius 2 is 1.71 bits per heavy atom. The lowest BCUT2D eigenvalue weighted by atomic mass is 9.97. The fourth-order valence-corrected chi connectivity index (χ4v) is 6.16. The van der Waals surface area contributed by atoms with Crippen LogP contribution >= 0.6 is 27.3 Å². The number of hydrogen-bond donors (Lipinski definition) is 0. The number of aromatic nitrogens is 2. The molecule has 2 heterocycles. The van der Waals surface area contributed by atoms with Gasteiger partial charge >= 0.3 is 5.69 Å². The fourth-order valence-electron chi connectivity index (χ4n) is 4.52. The monoisotopic (exact) mass is 494 g/mol. The Balaban J connectivity index is 1.78. The van der Waals surface area contributed by atoms with E-state index in [0.29, 0.717) is 6.54 Å². The summed E-state index contributed by atoms with van der Waals surface area (Å²) in [6.45, 7) is 2.39. The predicted octanol–water partition coefficient (Wildman–Crippen LogP) is 5.52. The van der Waals surface area contributed by atoms with Gasteiger partial charge < -0.3 is 0 Å². The van der Waals surface area contributed by atoms with Crippen LogP contribution in [0, 0.1) is 0 Å². The quantitative estimate of drug-likeness (QED) is 0.374. The van der Waals surface area contributed by atoms with E-state index in [1.54, 1.807) is 11.3 Å². The molecule has 1 aliphatic carbocycles. The Hall–Kier alpha value is -2.44. The molecule has 158 valence electrons. The predicted molar refractivity (Wildman–Crippen MR) is 130 cm³/mol. The molecule has 0 saturated carbocycles. The van der Waals surface area contributed by atoms with Gasteiger partial charge in [-0.1, -0.05) is 58.4 Å². The number of nitrogens with zero attached hydrogens (tertiary/aromatic N) is 2. The van der Waals surface area contributed by atoms with Gasteiger partial charge in [-0.25, -0.2) is 4.79 Å². The summed E-state index contributed by atoms with van der Waals surface area (Å²) in [6, 6.07) is 17.5. The van der Waals surface area contributed by atoms with Crippen molar-refractivity contribution in [2.75, 3.05) is 0 Å². The summed E-state index contributed by atoms with van der Waals surface area (Å²) in [6.07, 6.45) is 4.15. The molecular formula is C25H23BrN2O2S. The first-order valence-electron chi connectivity index (χ1n) is 10.6. The Morgan fingerprint density at radius 3 is 2.45 bits per heavy atom. The van der Waals surface area contributed by atoms with Crippen LogP contribution in [0.3, 0.4) is 0 Å². The summed E-state index contributed by atoms with van der Waals surface area (Å²) in [5.41, 5.74) is 2.77. The van der Waals surface area contributed by atoms with Crippen LogP contribution in [0.2, 0.25) is 0 Å². The van der Waals surface area contributed by atoms with E-state index in [0.717, 1.165) is 57.1 Å². The van der Waals surface area contributed by atoms with E-state index in [1.807, 2.05) is 66.1 Å². The van der Waals surface area contributed by atoms with Gasteiger partial charge in [-0.3, -0.25) is 13.9 Å². The SMILES string of the molecule is CC(c1ccccc1)n1c(=O)c2c3c(sc2n(Cc2ccc(Br)cc2)c1=O)CCCC3. The highest BCUT2D eigenvalue weighted by atomic mass is 79.9. The van der Waals surface area contributed by atoms with Crippen molar-refractivity contribution >= 4 is 37.5 Å². The maximum atomic E-state index is 13.7. The minimum atomic E-state index is -0.332. The topological polar surface area (TPSA) is 44.0 Å². The third-order valence-electron chi connectivity index (χ3n) is 6.19. The van der Waals surface area contributed by atoms with Crippen molar-refractivity contribution in [3.05, 3.63) is 101 Å². The summed E-state index contributed by atoms with van der Waals surface area (Å²) in [5.74, 6) is 0. The first-order chi connectivity index (χ1) is 15.0. The Kier molecular flexibility index (Phi) is 5.44. The van der Waals surface area contributed by atoms with Crippen LogP contribution in [0.25, 0.3) is 10.2 Å². The number of aryl methyl sites for hydroxylation is 2. The van der Waals surface area contributed by atoms with Crippen molar-refractivity contribution in [3.63, 3.8) is 0 Å². The average molecular weight is 495 g/mol. The lowest BCUT2D eigenvalue weighted by molar-refractivity contribution is 0.551. The molecule has 0 N–H and O–H groups in total. The van der Waals surface area contributed by atoms with Crippen molar-refractivity contribution in [3.8, 4) is 0 Å². The van der Waals surface area contributed by atoms with Crippen LogP contribution in [0.5, 0.6) is 0 Å². The zero-order valence-electron chi connectivity index (χ0n) is 17.3. The highest BCUT2D eigenvalue weighted by Gasteiger charge is 2.25. The molecule has 4 aromatic rings.